The predicted octanol–water partition coefficient (Wildman–Crippen LogP) is 2.01. The van der Waals surface area contributed by atoms with E-state index < -0.39 is 10.4 Å². The average molecular weight is 432 g/mol. The Morgan fingerprint density at radius 3 is 2.28 bits per heavy atom. The average Bonchev–Trinajstić information content (AvgIpc) is 2.99. The lowest BCUT2D eigenvalue weighted by atomic mass is 10.1. The van der Waals surface area contributed by atoms with Crippen LogP contribution in [0.5, 0.6) is 0 Å². The number of hydrogen-bond donors (Lipinski definition) is 1. The molecule has 0 aliphatic carbocycles. The summed E-state index contributed by atoms with van der Waals surface area (Å²) >= 11 is 0. The van der Waals surface area contributed by atoms with Crippen molar-refractivity contribution in [2.24, 2.45) is 0 Å². The Bertz CT molecular complexity index is 918. The van der Waals surface area contributed by atoms with Crippen LogP contribution in [0.4, 0.5) is 11.5 Å². The van der Waals surface area contributed by atoms with E-state index in [9.17, 15) is 23.1 Å². The number of quaternary nitrogens is 1. The number of hydrogen-bond acceptors (Lipinski definition) is 8. The highest BCUT2D eigenvalue weighted by Crippen LogP contribution is 2.28. The number of fused-ring (bicyclic) bond motifs is 1. The van der Waals surface area contributed by atoms with Gasteiger partial charge in [-0.15, -0.1) is 5.10 Å². The van der Waals surface area contributed by atoms with E-state index >= 15 is 0 Å². The molecule has 0 unspecified atom stereocenters. The molecule has 0 amide bonds. The molecule has 1 N–H and O–H groups in total. The van der Waals surface area contributed by atoms with Crippen LogP contribution in [0.1, 0.15) is 27.7 Å². The van der Waals surface area contributed by atoms with E-state index in [1.54, 1.807) is 28.9 Å². The van der Waals surface area contributed by atoms with Crippen LogP contribution < -0.4 is 5.32 Å². The van der Waals surface area contributed by atoms with E-state index in [0.29, 0.717) is 30.0 Å². The molecule has 0 aromatic carbocycles. The van der Waals surface area contributed by atoms with Crippen LogP contribution in [0.15, 0.2) is 24.4 Å². The van der Waals surface area contributed by atoms with E-state index in [1.165, 1.54) is 0 Å². The molecule has 0 saturated heterocycles. The Labute approximate surface area is 171 Å². The number of aromatic nitrogens is 2. The van der Waals surface area contributed by atoms with Crippen LogP contribution in [0.3, 0.4) is 0 Å². The monoisotopic (exact) mass is 431 g/mol. The van der Waals surface area contributed by atoms with Gasteiger partial charge in [0.15, 0.2) is 0 Å². The van der Waals surface area contributed by atoms with E-state index in [0.717, 1.165) is 18.1 Å². The minimum Gasteiger partial charge on any atom is -0.726 e. The summed E-state index contributed by atoms with van der Waals surface area (Å²) in [5, 5.41) is 18.8. The highest BCUT2D eigenvalue weighted by atomic mass is 32.3. The number of nitro groups is 1. The van der Waals surface area contributed by atoms with Gasteiger partial charge < -0.3 is 14.4 Å². The molecule has 0 aliphatic rings. The van der Waals surface area contributed by atoms with Crippen molar-refractivity contribution < 1.29 is 26.6 Å². The van der Waals surface area contributed by atoms with Crippen LogP contribution in [0.25, 0.3) is 5.52 Å². The van der Waals surface area contributed by atoms with Gasteiger partial charge in [-0.2, -0.15) is 0 Å². The fraction of sp³-hybridized carbons (Fsp3) is 0.588. The highest BCUT2D eigenvalue weighted by molar-refractivity contribution is 7.80. The largest absolute Gasteiger partial charge is 0.726 e. The third-order valence-corrected chi connectivity index (χ3v) is 5.55. The van der Waals surface area contributed by atoms with Gasteiger partial charge >= 0.3 is 5.69 Å². The topological polar surface area (TPSA) is 139 Å². The predicted molar refractivity (Wildman–Crippen MR) is 108 cm³/mol. The highest BCUT2D eigenvalue weighted by Gasteiger charge is 2.30. The molecule has 12 heteroatoms. The maximum atomic E-state index is 11.4. The van der Waals surface area contributed by atoms with Crippen molar-refractivity contribution in [2.45, 2.75) is 39.8 Å². The minimum atomic E-state index is -4.41. The quantitative estimate of drug-likeness (QED) is 0.220. The number of nitrogens with zero attached hydrogens (tertiary/aromatic N) is 4. The van der Waals surface area contributed by atoms with E-state index in [1.807, 2.05) is 0 Å². The molecular formula is C17H29N5O6S. The van der Waals surface area contributed by atoms with Crippen molar-refractivity contribution in [3.8, 4) is 0 Å². The van der Waals surface area contributed by atoms with Crippen molar-refractivity contribution in [1.82, 2.24) is 9.61 Å². The second-order valence-corrected chi connectivity index (χ2v) is 8.39. The number of rotatable bonds is 8. The SMILES string of the molecule is CC(C)[N+](C)(CCNc1nn2ccccc2c1[N+](=O)[O-])C(C)C.COS(=O)(=O)[O-]. The van der Waals surface area contributed by atoms with Gasteiger partial charge in [0, 0.05) is 6.20 Å². The Hall–Kier alpha value is -2.28. The lowest BCUT2D eigenvalue weighted by Gasteiger charge is -2.42. The molecule has 2 aromatic heterocycles. The second-order valence-electron chi connectivity index (χ2n) is 7.24. The molecule has 0 spiro atoms. The number of likely N-dealkylation sites (N-methyl/N-ethyl adjacent to an activating group) is 1. The van der Waals surface area contributed by atoms with Gasteiger partial charge in [-0.3, -0.25) is 14.3 Å². The molecule has 0 atom stereocenters. The first-order chi connectivity index (χ1) is 13.3. The maximum Gasteiger partial charge on any atom is 0.338 e. The molecule has 11 nitrogen and oxygen atoms in total. The number of anilines is 1. The summed E-state index contributed by atoms with van der Waals surface area (Å²) in [5.41, 5.74) is 0.541. The standard InChI is InChI=1S/C16H26N5O2.CH4O4S/c1-12(2)21(5,13(3)4)11-9-17-16-15(20(22)23)14-8-6-7-10-19(14)18-16;1-5-6(2,3)4/h6-8,10,12-13H,9,11H2,1-5H3,(H,17,18);1H3,(H,2,3,4)/q+1;/p-1. The fourth-order valence-electron chi connectivity index (χ4n) is 2.81. The van der Waals surface area contributed by atoms with Gasteiger partial charge in [-0.25, -0.2) is 12.9 Å². The normalized spacial score (nSPS) is 12.2. The van der Waals surface area contributed by atoms with Crippen molar-refractivity contribution in [3.05, 3.63) is 34.5 Å². The number of nitrogens with one attached hydrogen (secondary N) is 1. The molecular weight excluding hydrogens is 402 g/mol. The lowest BCUT2D eigenvalue weighted by molar-refractivity contribution is -0.947. The van der Waals surface area contributed by atoms with Gasteiger partial charge in [-0.05, 0) is 39.8 Å². The molecule has 2 rings (SSSR count). The summed E-state index contributed by atoms with van der Waals surface area (Å²) in [6.45, 7) is 10.3. The molecule has 0 saturated carbocycles. The van der Waals surface area contributed by atoms with Crippen LogP contribution in [0.2, 0.25) is 0 Å². The molecule has 2 heterocycles. The van der Waals surface area contributed by atoms with Gasteiger partial charge in [0.25, 0.3) is 0 Å². The molecule has 2 aromatic rings. The smallest absolute Gasteiger partial charge is 0.338 e. The van der Waals surface area contributed by atoms with Gasteiger partial charge in [0.05, 0.1) is 44.3 Å². The van der Waals surface area contributed by atoms with Crippen LogP contribution >= 0.6 is 0 Å². The molecule has 29 heavy (non-hydrogen) atoms. The third kappa shape index (κ3) is 6.63. The lowest BCUT2D eigenvalue weighted by Crippen LogP contribution is -2.56. The van der Waals surface area contributed by atoms with E-state index in [-0.39, 0.29) is 10.6 Å². The third-order valence-electron chi connectivity index (χ3n) is 5.15. The van der Waals surface area contributed by atoms with Crippen molar-refractivity contribution in [2.75, 3.05) is 32.6 Å². The number of pyridine rings is 1. The van der Waals surface area contributed by atoms with Crippen molar-refractivity contribution in [3.63, 3.8) is 0 Å². The summed E-state index contributed by atoms with van der Waals surface area (Å²) in [6, 6.07) is 6.25. The second kappa shape index (κ2) is 9.96. The first kappa shape index (κ1) is 24.8. The van der Waals surface area contributed by atoms with Crippen LogP contribution in [0, 0.1) is 10.1 Å². The first-order valence-corrected chi connectivity index (χ1v) is 10.4. The summed E-state index contributed by atoms with van der Waals surface area (Å²) in [5.74, 6) is 0.334. The zero-order valence-electron chi connectivity index (χ0n) is 17.5. The fourth-order valence-corrected chi connectivity index (χ4v) is 2.81. The summed E-state index contributed by atoms with van der Waals surface area (Å²) < 4.78 is 33.5. The maximum absolute atomic E-state index is 11.4. The molecule has 0 aliphatic heterocycles. The molecule has 0 bridgehead atoms. The van der Waals surface area contributed by atoms with E-state index in [4.69, 9.17) is 0 Å². The van der Waals surface area contributed by atoms with Crippen LogP contribution in [-0.4, -0.2) is 71.3 Å². The molecule has 0 fully saturated rings. The Kier molecular flexibility index (Phi) is 8.50. The summed E-state index contributed by atoms with van der Waals surface area (Å²) in [6.07, 6.45) is 1.72. The van der Waals surface area contributed by atoms with E-state index in [2.05, 4.69) is 49.3 Å². The minimum absolute atomic E-state index is 0.0360. The molecule has 0 radical (unpaired) electrons. The summed E-state index contributed by atoms with van der Waals surface area (Å²) in [7, 11) is -1.39. The summed E-state index contributed by atoms with van der Waals surface area (Å²) in [4.78, 5) is 11.0. The van der Waals surface area contributed by atoms with Gasteiger partial charge in [0.2, 0.25) is 16.2 Å². The Balaban J connectivity index is 0.000000612. The van der Waals surface area contributed by atoms with Crippen molar-refractivity contribution in [1.29, 1.82) is 0 Å². The zero-order chi connectivity index (χ0) is 22.4. The van der Waals surface area contributed by atoms with Crippen molar-refractivity contribution >= 4 is 27.4 Å². The van der Waals surface area contributed by atoms with Gasteiger partial charge in [0.1, 0.15) is 5.52 Å². The van der Waals surface area contributed by atoms with Gasteiger partial charge in [-0.1, -0.05) is 6.07 Å². The Morgan fingerprint density at radius 2 is 1.83 bits per heavy atom. The zero-order valence-corrected chi connectivity index (χ0v) is 18.3. The molecule has 164 valence electrons. The first-order valence-electron chi connectivity index (χ1n) is 9.05. The van der Waals surface area contributed by atoms with Crippen LogP contribution in [-0.2, 0) is 14.6 Å². The Morgan fingerprint density at radius 1 is 1.28 bits per heavy atom.